The fourth-order valence-corrected chi connectivity index (χ4v) is 4.42. The Morgan fingerprint density at radius 1 is 0.969 bits per heavy atom. The van der Waals surface area contributed by atoms with Gasteiger partial charge in [0.25, 0.3) is 0 Å². The van der Waals surface area contributed by atoms with Gasteiger partial charge in [0.05, 0.1) is 31.3 Å². The van der Waals surface area contributed by atoms with Crippen LogP contribution in [0.5, 0.6) is 11.5 Å². The standard InChI is InChI=1S/C23H23FN2O5S/c1-30-19-12-13-21(22(14-19)31-2)25-23(27)16-26(15-17-8-10-18(24)11-9-17)32(28,29)20-6-4-3-5-7-20/h3-14H,15-16H2,1-2H3,(H,25,27). The lowest BCUT2D eigenvalue weighted by atomic mass is 10.2. The summed E-state index contributed by atoms with van der Waals surface area (Å²) in [6.07, 6.45) is 0. The van der Waals surface area contributed by atoms with Crippen molar-refractivity contribution in [3.63, 3.8) is 0 Å². The number of hydrogen-bond donors (Lipinski definition) is 1. The maximum absolute atomic E-state index is 13.3. The summed E-state index contributed by atoms with van der Waals surface area (Å²) in [6.45, 7) is -0.561. The van der Waals surface area contributed by atoms with Crippen molar-refractivity contribution in [2.75, 3.05) is 26.1 Å². The molecule has 0 unspecified atom stereocenters. The summed E-state index contributed by atoms with van der Waals surface area (Å²) in [5.74, 6) is -0.0798. The number of sulfonamides is 1. The molecule has 32 heavy (non-hydrogen) atoms. The van der Waals surface area contributed by atoms with Gasteiger partial charge in [0, 0.05) is 12.6 Å². The molecule has 0 saturated carbocycles. The van der Waals surface area contributed by atoms with Crippen LogP contribution in [0, 0.1) is 5.82 Å². The Labute approximate surface area is 186 Å². The second-order valence-corrected chi connectivity index (χ2v) is 8.76. The van der Waals surface area contributed by atoms with E-state index in [9.17, 15) is 17.6 Å². The molecule has 9 heteroatoms. The molecular weight excluding hydrogens is 435 g/mol. The first-order valence-electron chi connectivity index (χ1n) is 9.65. The van der Waals surface area contributed by atoms with Gasteiger partial charge in [0.1, 0.15) is 17.3 Å². The summed E-state index contributed by atoms with van der Waals surface area (Å²) in [5, 5.41) is 2.68. The number of halogens is 1. The highest BCUT2D eigenvalue weighted by Crippen LogP contribution is 2.29. The van der Waals surface area contributed by atoms with Gasteiger partial charge in [-0.25, -0.2) is 12.8 Å². The molecule has 0 saturated heterocycles. The number of benzene rings is 3. The second kappa shape index (κ2) is 10.3. The average Bonchev–Trinajstić information content (AvgIpc) is 2.80. The maximum atomic E-state index is 13.3. The zero-order valence-electron chi connectivity index (χ0n) is 17.6. The number of anilines is 1. The van der Waals surface area contributed by atoms with Crippen LogP contribution < -0.4 is 14.8 Å². The molecule has 0 aliphatic rings. The predicted molar refractivity (Wildman–Crippen MR) is 119 cm³/mol. The molecule has 1 amide bonds. The summed E-state index contributed by atoms with van der Waals surface area (Å²) in [5.41, 5.74) is 0.915. The van der Waals surface area contributed by atoms with Gasteiger partial charge in [-0.15, -0.1) is 0 Å². The van der Waals surface area contributed by atoms with E-state index in [1.807, 2.05) is 0 Å². The molecule has 3 aromatic carbocycles. The predicted octanol–water partition coefficient (Wildman–Crippen LogP) is 3.67. The Hall–Kier alpha value is -3.43. The minimum absolute atomic E-state index is 0.0527. The number of hydrogen-bond acceptors (Lipinski definition) is 5. The minimum Gasteiger partial charge on any atom is -0.497 e. The van der Waals surface area contributed by atoms with Crippen LogP contribution >= 0.6 is 0 Å². The lowest BCUT2D eigenvalue weighted by Gasteiger charge is -2.22. The number of carbonyl (C=O) groups is 1. The van der Waals surface area contributed by atoms with Gasteiger partial charge in [0.2, 0.25) is 15.9 Å². The van der Waals surface area contributed by atoms with Gasteiger partial charge < -0.3 is 14.8 Å². The van der Waals surface area contributed by atoms with Crippen molar-refractivity contribution in [3.05, 3.63) is 84.2 Å². The van der Waals surface area contributed by atoms with Gasteiger partial charge >= 0.3 is 0 Å². The number of carbonyl (C=O) groups excluding carboxylic acids is 1. The maximum Gasteiger partial charge on any atom is 0.243 e. The fraction of sp³-hybridized carbons (Fsp3) is 0.174. The van der Waals surface area contributed by atoms with Gasteiger partial charge in [-0.05, 0) is 42.0 Å². The largest absolute Gasteiger partial charge is 0.497 e. The zero-order valence-corrected chi connectivity index (χ0v) is 18.4. The molecule has 0 fully saturated rings. The Balaban J connectivity index is 1.86. The van der Waals surface area contributed by atoms with E-state index in [1.165, 1.54) is 50.6 Å². The van der Waals surface area contributed by atoms with E-state index in [-0.39, 0.29) is 11.4 Å². The third kappa shape index (κ3) is 5.63. The Morgan fingerprint density at radius 2 is 1.66 bits per heavy atom. The first kappa shape index (κ1) is 23.2. The molecule has 7 nitrogen and oxygen atoms in total. The molecule has 3 rings (SSSR count). The van der Waals surface area contributed by atoms with Crippen LogP contribution in [0.1, 0.15) is 5.56 Å². The number of amides is 1. The quantitative estimate of drug-likeness (QED) is 0.529. The number of nitrogens with one attached hydrogen (secondary N) is 1. The molecule has 0 aromatic heterocycles. The van der Waals surface area contributed by atoms with Crippen molar-refractivity contribution in [1.29, 1.82) is 0 Å². The Morgan fingerprint density at radius 3 is 2.28 bits per heavy atom. The molecule has 0 aliphatic carbocycles. The van der Waals surface area contributed by atoms with Crippen molar-refractivity contribution in [2.45, 2.75) is 11.4 Å². The van der Waals surface area contributed by atoms with Gasteiger partial charge in [-0.1, -0.05) is 30.3 Å². The van der Waals surface area contributed by atoms with Crippen LogP contribution in [0.4, 0.5) is 10.1 Å². The lowest BCUT2D eigenvalue weighted by molar-refractivity contribution is -0.116. The van der Waals surface area contributed by atoms with Crippen molar-refractivity contribution in [2.24, 2.45) is 0 Å². The van der Waals surface area contributed by atoms with Crippen LogP contribution in [0.2, 0.25) is 0 Å². The van der Waals surface area contributed by atoms with E-state index in [0.717, 1.165) is 4.31 Å². The summed E-state index contributed by atoms with van der Waals surface area (Å²) in [4.78, 5) is 12.9. The number of methoxy groups -OCH3 is 2. The molecule has 0 radical (unpaired) electrons. The molecule has 3 aromatic rings. The highest BCUT2D eigenvalue weighted by Gasteiger charge is 2.27. The van der Waals surface area contributed by atoms with E-state index < -0.39 is 28.3 Å². The van der Waals surface area contributed by atoms with Crippen LogP contribution in [-0.4, -0.2) is 39.4 Å². The SMILES string of the molecule is COc1ccc(NC(=O)CN(Cc2ccc(F)cc2)S(=O)(=O)c2ccccc2)c(OC)c1. The monoisotopic (exact) mass is 458 g/mol. The molecule has 0 spiro atoms. The highest BCUT2D eigenvalue weighted by molar-refractivity contribution is 7.89. The van der Waals surface area contributed by atoms with Crippen molar-refractivity contribution >= 4 is 21.6 Å². The first-order valence-corrected chi connectivity index (χ1v) is 11.1. The molecule has 168 valence electrons. The van der Waals surface area contributed by atoms with Gasteiger partial charge in [-0.2, -0.15) is 4.31 Å². The van der Waals surface area contributed by atoms with Crippen molar-refractivity contribution < 1.29 is 27.1 Å². The fourth-order valence-electron chi connectivity index (χ4n) is 3.01. The summed E-state index contributed by atoms with van der Waals surface area (Å²) >= 11 is 0. The average molecular weight is 459 g/mol. The molecular formula is C23H23FN2O5S. The van der Waals surface area contributed by atoms with E-state index in [2.05, 4.69) is 5.32 Å². The second-order valence-electron chi connectivity index (χ2n) is 6.83. The third-order valence-corrected chi connectivity index (χ3v) is 6.46. The van der Waals surface area contributed by atoms with Gasteiger partial charge in [0.15, 0.2) is 0 Å². The summed E-state index contributed by atoms with van der Waals surface area (Å²) in [6, 6.07) is 18.1. The van der Waals surface area contributed by atoms with Crippen LogP contribution in [0.15, 0.2) is 77.7 Å². The number of ether oxygens (including phenoxy) is 2. The topological polar surface area (TPSA) is 84.9 Å². The highest BCUT2D eigenvalue weighted by atomic mass is 32.2. The van der Waals surface area contributed by atoms with Crippen LogP contribution in [0.25, 0.3) is 0 Å². The lowest BCUT2D eigenvalue weighted by Crippen LogP contribution is -2.37. The Bertz CT molecular complexity index is 1170. The minimum atomic E-state index is -4.00. The zero-order chi connectivity index (χ0) is 23.1. The smallest absolute Gasteiger partial charge is 0.243 e. The van der Waals surface area contributed by atoms with E-state index >= 15 is 0 Å². The first-order chi connectivity index (χ1) is 15.3. The Kier molecular flexibility index (Phi) is 7.45. The summed E-state index contributed by atoms with van der Waals surface area (Å²) in [7, 11) is -1.04. The summed E-state index contributed by atoms with van der Waals surface area (Å²) < 4.78 is 51.2. The van der Waals surface area contributed by atoms with Crippen LogP contribution in [0.3, 0.4) is 0 Å². The molecule has 0 aliphatic heterocycles. The van der Waals surface area contributed by atoms with E-state index in [1.54, 1.807) is 36.4 Å². The van der Waals surface area contributed by atoms with Crippen molar-refractivity contribution in [1.82, 2.24) is 4.31 Å². The molecule has 0 atom stereocenters. The third-order valence-electron chi connectivity index (χ3n) is 4.66. The van der Waals surface area contributed by atoms with Gasteiger partial charge in [-0.3, -0.25) is 4.79 Å². The number of nitrogens with zero attached hydrogens (tertiary/aromatic N) is 1. The molecule has 1 N–H and O–H groups in total. The van der Waals surface area contributed by atoms with E-state index in [0.29, 0.717) is 22.7 Å². The van der Waals surface area contributed by atoms with Crippen LogP contribution in [-0.2, 0) is 21.4 Å². The van der Waals surface area contributed by atoms with Crippen molar-refractivity contribution in [3.8, 4) is 11.5 Å². The molecule has 0 heterocycles. The normalized spacial score (nSPS) is 11.2. The molecule has 0 bridgehead atoms. The number of rotatable bonds is 9. The van der Waals surface area contributed by atoms with E-state index in [4.69, 9.17) is 9.47 Å².